The van der Waals surface area contributed by atoms with E-state index in [0.717, 1.165) is 80.3 Å². The average molecular weight is 643 g/mol. The number of hydrogen-bond donors (Lipinski definition) is 2. The van der Waals surface area contributed by atoms with Crippen LogP contribution < -0.4 is 9.47 Å². The Morgan fingerprint density at radius 2 is 0.958 bits per heavy atom. The van der Waals surface area contributed by atoms with Crippen LogP contribution in [0.2, 0.25) is 0 Å². The normalized spacial score (nSPS) is 12.1. The predicted octanol–water partition coefficient (Wildman–Crippen LogP) is 11.8. The molecular formula is C42H50N4O2. The highest BCUT2D eigenvalue weighted by atomic mass is 16.5. The number of H-pyrrole nitrogens is 2. The molecule has 4 aromatic rings. The Kier molecular flexibility index (Phi) is 11.8. The molecule has 0 fully saturated rings. The van der Waals surface area contributed by atoms with E-state index in [-0.39, 0.29) is 0 Å². The minimum Gasteiger partial charge on any atom is -0.493 e. The van der Waals surface area contributed by atoms with Gasteiger partial charge in [0.05, 0.1) is 36.0 Å². The van der Waals surface area contributed by atoms with Gasteiger partial charge in [0.25, 0.3) is 0 Å². The second-order valence-corrected chi connectivity index (χ2v) is 13.0. The van der Waals surface area contributed by atoms with E-state index >= 15 is 0 Å². The minimum absolute atomic E-state index is 0.707. The Morgan fingerprint density at radius 3 is 1.50 bits per heavy atom. The topological polar surface area (TPSA) is 75.8 Å². The molecule has 3 aromatic heterocycles. The first kappa shape index (κ1) is 33.3. The van der Waals surface area contributed by atoms with Crippen molar-refractivity contribution in [2.45, 2.75) is 90.9 Å². The molecule has 0 saturated heterocycles. The first-order valence-corrected chi connectivity index (χ1v) is 18.1. The third kappa shape index (κ3) is 9.50. The lowest BCUT2D eigenvalue weighted by Gasteiger charge is -2.13. The second kappa shape index (κ2) is 17.0. The van der Waals surface area contributed by atoms with Crippen LogP contribution in [0.4, 0.5) is 0 Å². The van der Waals surface area contributed by atoms with Gasteiger partial charge < -0.3 is 19.4 Å². The number of hydrogen-bond acceptors (Lipinski definition) is 4. The number of benzene rings is 1. The number of nitrogens with one attached hydrogen (secondary N) is 2. The molecule has 5 heterocycles. The quantitative estimate of drug-likeness (QED) is 0.0971. The van der Waals surface area contributed by atoms with Gasteiger partial charge in [-0.25, -0.2) is 9.97 Å². The van der Waals surface area contributed by atoms with Gasteiger partial charge in [0.15, 0.2) is 0 Å². The molecule has 0 saturated carbocycles. The largest absolute Gasteiger partial charge is 0.493 e. The van der Waals surface area contributed by atoms with Crippen molar-refractivity contribution in [1.29, 1.82) is 0 Å². The molecule has 0 amide bonds. The number of fused-ring (bicyclic) bond motifs is 8. The predicted molar refractivity (Wildman–Crippen MR) is 202 cm³/mol. The summed E-state index contributed by atoms with van der Waals surface area (Å²) in [4.78, 5) is 16.9. The number of unbranched alkanes of at least 4 members (excludes halogenated alkanes) is 10. The molecule has 0 aliphatic carbocycles. The summed E-state index contributed by atoms with van der Waals surface area (Å²) in [6, 6.07) is 21.0. The van der Waals surface area contributed by atoms with Crippen molar-refractivity contribution in [1.82, 2.24) is 19.9 Å². The van der Waals surface area contributed by atoms with Crippen molar-refractivity contribution in [2.75, 3.05) is 13.2 Å². The van der Waals surface area contributed by atoms with Gasteiger partial charge in [-0.3, -0.25) is 0 Å². The third-order valence-electron chi connectivity index (χ3n) is 8.89. The summed E-state index contributed by atoms with van der Waals surface area (Å²) in [6.45, 7) is 5.93. The van der Waals surface area contributed by atoms with Gasteiger partial charge in [0.1, 0.15) is 11.5 Å². The molecule has 250 valence electrons. The Morgan fingerprint density at radius 1 is 0.479 bits per heavy atom. The molecule has 6 heteroatoms. The number of ether oxygens (including phenoxy) is 2. The molecule has 0 atom stereocenters. The molecular weight excluding hydrogens is 592 g/mol. The zero-order chi connectivity index (χ0) is 33.0. The van der Waals surface area contributed by atoms with E-state index in [1.54, 1.807) is 0 Å². The molecule has 2 N–H and O–H groups in total. The molecule has 48 heavy (non-hydrogen) atoms. The highest BCUT2D eigenvalue weighted by molar-refractivity contribution is 5.88. The lowest BCUT2D eigenvalue weighted by Crippen LogP contribution is -2.00. The number of aromatic nitrogens is 4. The first-order valence-electron chi connectivity index (χ1n) is 18.1. The van der Waals surface area contributed by atoms with E-state index < -0.39 is 0 Å². The highest BCUT2D eigenvalue weighted by Crippen LogP contribution is 2.34. The van der Waals surface area contributed by atoms with E-state index in [9.17, 15) is 0 Å². The van der Waals surface area contributed by atoms with Gasteiger partial charge in [-0.1, -0.05) is 78.1 Å². The van der Waals surface area contributed by atoms with Crippen molar-refractivity contribution in [3.63, 3.8) is 0 Å². The van der Waals surface area contributed by atoms with Crippen LogP contribution in [0.1, 0.15) is 114 Å². The van der Waals surface area contributed by atoms with E-state index in [4.69, 9.17) is 19.4 Å². The van der Waals surface area contributed by atoms with Crippen LogP contribution in [0, 0.1) is 0 Å². The number of rotatable bonds is 17. The average Bonchev–Trinajstić information content (AvgIpc) is 3.90. The molecule has 2 aliphatic heterocycles. The van der Waals surface area contributed by atoms with Crippen molar-refractivity contribution in [3.05, 3.63) is 83.4 Å². The SMILES string of the molecule is CCCCCCCCOc1cc(OCCCCCCCC)cc(-c2cc3cc4nc(cc5ccc(cc6nc(cc2[nH]3)C=C6)[nH]5)C=C4)c1. The molecule has 6 rings (SSSR count). The molecule has 8 bridgehead atoms. The van der Waals surface area contributed by atoms with Crippen LogP contribution in [0.5, 0.6) is 11.5 Å². The Balaban J connectivity index is 1.34. The fraction of sp³-hybridized carbons (Fsp3) is 0.381. The van der Waals surface area contributed by atoms with Crippen LogP contribution in [-0.4, -0.2) is 33.1 Å². The zero-order valence-electron chi connectivity index (χ0n) is 28.7. The maximum absolute atomic E-state index is 6.37. The van der Waals surface area contributed by atoms with Gasteiger partial charge in [-0.15, -0.1) is 0 Å². The summed E-state index contributed by atoms with van der Waals surface area (Å²) in [5.41, 5.74) is 9.70. The van der Waals surface area contributed by atoms with Crippen LogP contribution in [-0.2, 0) is 0 Å². The smallest absolute Gasteiger partial charge is 0.123 e. The lowest BCUT2D eigenvalue weighted by molar-refractivity contribution is 0.290. The number of aromatic amines is 2. The van der Waals surface area contributed by atoms with Gasteiger partial charge in [0.2, 0.25) is 0 Å². The van der Waals surface area contributed by atoms with Crippen molar-refractivity contribution in [2.24, 2.45) is 0 Å². The van der Waals surface area contributed by atoms with Crippen LogP contribution in [0.25, 0.3) is 57.5 Å². The standard InChI is InChI=1S/C42H50N4O2/c1-3-5-7-9-11-13-21-47-39-23-31(24-40(30-39)48-22-14-12-10-8-6-4-2)41-28-38-27-36-18-17-34(44-36)25-32-15-16-33(43-32)26-35-19-20-37(45-35)29-42(41)46-38/h15-20,23-30,43,46H,3-14,21-22H2,1-2H3. The summed E-state index contributed by atoms with van der Waals surface area (Å²) >= 11 is 0. The van der Waals surface area contributed by atoms with E-state index in [0.29, 0.717) is 13.2 Å². The fourth-order valence-corrected chi connectivity index (χ4v) is 6.30. The molecule has 1 aromatic carbocycles. The molecule has 0 spiro atoms. The lowest BCUT2D eigenvalue weighted by atomic mass is 10.1. The molecule has 0 unspecified atom stereocenters. The van der Waals surface area contributed by atoms with Crippen molar-refractivity contribution in [3.8, 4) is 22.6 Å². The zero-order valence-corrected chi connectivity index (χ0v) is 28.7. The second-order valence-electron chi connectivity index (χ2n) is 13.0. The summed E-state index contributed by atoms with van der Waals surface area (Å²) in [5.74, 6) is 1.70. The van der Waals surface area contributed by atoms with Crippen LogP contribution in [0.15, 0.2) is 60.7 Å². The van der Waals surface area contributed by atoms with Gasteiger partial charge in [-0.2, -0.15) is 0 Å². The van der Waals surface area contributed by atoms with Crippen LogP contribution in [0.3, 0.4) is 0 Å². The van der Waals surface area contributed by atoms with Gasteiger partial charge in [-0.05, 0) is 97.3 Å². The molecule has 6 nitrogen and oxygen atoms in total. The maximum Gasteiger partial charge on any atom is 0.123 e. The van der Waals surface area contributed by atoms with E-state index in [1.165, 1.54) is 64.2 Å². The third-order valence-corrected chi connectivity index (χ3v) is 8.89. The van der Waals surface area contributed by atoms with Gasteiger partial charge >= 0.3 is 0 Å². The molecule has 2 aliphatic rings. The van der Waals surface area contributed by atoms with Gasteiger partial charge in [0, 0.05) is 33.7 Å². The highest BCUT2D eigenvalue weighted by Gasteiger charge is 2.11. The van der Waals surface area contributed by atoms with E-state index in [2.05, 4.69) is 103 Å². The summed E-state index contributed by atoms with van der Waals surface area (Å²) in [6.07, 6.45) is 23.0. The Bertz CT molecular complexity index is 1840. The van der Waals surface area contributed by atoms with E-state index in [1.807, 2.05) is 6.08 Å². The summed E-state index contributed by atoms with van der Waals surface area (Å²) in [7, 11) is 0. The Labute approximate surface area is 285 Å². The van der Waals surface area contributed by atoms with Crippen LogP contribution >= 0.6 is 0 Å². The monoisotopic (exact) mass is 642 g/mol. The Hall–Kier alpha value is -4.58. The number of nitrogens with zero attached hydrogens (tertiary/aromatic N) is 2. The molecule has 0 radical (unpaired) electrons. The summed E-state index contributed by atoms with van der Waals surface area (Å²) < 4.78 is 12.7. The van der Waals surface area contributed by atoms with Crippen molar-refractivity contribution < 1.29 is 9.47 Å². The minimum atomic E-state index is 0.707. The maximum atomic E-state index is 6.37. The fourth-order valence-electron chi connectivity index (χ4n) is 6.30. The van der Waals surface area contributed by atoms with Crippen molar-refractivity contribution >= 4 is 46.4 Å². The first-order chi connectivity index (χ1) is 23.6. The summed E-state index contributed by atoms with van der Waals surface area (Å²) in [5, 5.41) is 0.